The highest BCUT2D eigenvalue weighted by Crippen LogP contribution is 2.30. The number of urea groups is 1. The summed E-state index contributed by atoms with van der Waals surface area (Å²) in [6, 6.07) is 2.02. The molecule has 0 aliphatic carbocycles. The number of amides is 3. The van der Waals surface area contributed by atoms with E-state index >= 15 is 0 Å². The summed E-state index contributed by atoms with van der Waals surface area (Å²) >= 11 is 0. The van der Waals surface area contributed by atoms with E-state index in [1.165, 1.54) is 0 Å². The van der Waals surface area contributed by atoms with Gasteiger partial charge in [-0.3, -0.25) is 4.79 Å². The molecule has 0 spiro atoms. The third-order valence-electron chi connectivity index (χ3n) is 4.81. The van der Waals surface area contributed by atoms with Gasteiger partial charge in [-0.15, -0.1) is 0 Å². The van der Waals surface area contributed by atoms with E-state index < -0.39 is 0 Å². The van der Waals surface area contributed by atoms with Crippen LogP contribution in [-0.4, -0.2) is 71.4 Å². The van der Waals surface area contributed by atoms with Crippen molar-refractivity contribution >= 4 is 11.9 Å². The molecule has 1 aromatic rings. The largest absolute Gasteiger partial charge is 0.365 e. The zero-order chi connectivity index (χ0) is 15.9. The number of fused-ring (bicyclic) bond motifs is 4. The molecule has 3 fully saturated rings. The fraction of sp³-hybridized carbons (Fsp3) is 0.625. The molecule has 2 atom stereocenters. The maximum absolute atomic E-state index is 12.8. The Labute approximate surface area is 131 Å². The van der Waals surface area contributed by atoms with Gasteiger partial charge in [-0.05, 0) is 31.7 Å². The summed E-state index contributed by atoms with van der Waals surface area (Å²) in [5.74, 6) is 0.471. The highest BCUT2D eigenvalue weighted by atomic mass is 16.2. The molecular formula is C16H24N4O2. The molecule has 3 aliphatic rings. The van der Waals surface area contributed by atoms with E-state index in [1.54, 1.807) is 25.2 Å². The maximum Gasteiger partial charge on any atom is 0.319 e. The third kappa shape index (κ3) is 2.58. The van der Waals surface area contributed by atoms with Crippen molar-refractivity contribution in [2.75, 3.05) is 33.7 Å². The number of carbonyl (C=O) groups is 2. The number of hydrogen-bond donors (Lipinski definition) is 1. The van der Waals surface area contributed by atoms with Gasteiger partial charge >= 0.3 is 6.03 Å². The normalized spacial score (nSPS) is 24.3. The van der Waals surface area contributed by atoms with Crippen molar-refractivity contribution in [3.05, 3.63) is 23.5 Å². The summed E-state index contributed by atoms with van der Waals surface area (Å²) in [7, 11) is 3.56. The number of nitrogens with zero attached hydrogens (tertiary/aromatic N) is 3. The second-order valence-electron chi connectivity index (χ2n) is 6.65. The van der Waals surface area contributed by atoms with Crippen LogP contribution >= 0.6 is 0 Å². The van der Waals surface area contributed by atoms with Crippen LogP contribution in [0.4, 0.5) is 4.79 Å². The van der Waals surface area contributed by atoms with Crippen molar-refractivity contribution in [1.82, 2.24) is 19.7 Å². The van der Waals surface area contributed by atoms with Crippen molar-refractivity contribution in [2.24, 2.45) is 5.92 Å². The Balaban J connectivity index is 1.80. The number of rotatable bonds is 1. The number of nitrogens with one attached hydrogen (secondary N) is 1. The molecule has 1 aromatic heterocycles. The fourth-order valence-corrected chi connectivity index (χ4v) is 3.61. The van der Waals surface area contributed by atoms with E-state index in [0.717, 1.165) is 37.2 Å². The van der Waals surface area contributed by atoms with Crippen LogP contribution in [0.25, 0.3) is 0 Å². The molecule has 3 amide bonds. The van der Waals surface area contributed by atoms with E-state index in [0.29, 0.717) is 12.5 Å². The van der Waals surface area contributed by atoms with Crippen LogP contribution in [0, 0.1) is 12.8 Å². The smallest absolute Gasteiger partial charge is 0.319 e. The lowest BCUT2D eigenvalue weighted by Crippen LogP contribution is -2.48. The average Bonchev–Trinajstić information content (AvgIpc) is 2.73. The van der Waals surface area contributed by atoms with Crippen molar-refractivity contribution in [2.45, 2.75) is 25.8 Å². The summed E-state index contributed by atoms with van der Waals surface area (Å²) in [5.41, 5.74) is 1.66. The monoisotopic (exact) mass is 304 g/mol. The van der Waals surface area contributed by atoms with Crippen LogP contribution in [0.5, 0.6) is 0 Å². The first-order chi connectivity index (χ1) is 10.5. The van der Waals surface area contributed by atoms with Gasteiger partial charge in [0.1, 0.15) is 0 Å². The van der Waals surface area contributed by atoms with Gasteiger partial charge in [0.15, 0.2) is 0 Å². The van der Waals surface area contributed by atoms with Crippen LogP contribution in [0.2, 0.25) is 0 Å². The predicted octanol–water partition coefficient (Wildman–Crippen LogP) is 1.54. The molecule has 3 aliphatic heterocycles. The highest BCUT2D eigenvalue weighted by Gasteiger charge is 2.39. The zero-order valence-corrected chi connectivity index (χ0v) is 13.5. The summed E-state index contributed by atoms with van der Waals surface area (Å²) in [6.07, 6.45) is 3.88. The Bertz CT molecular complexity index is 580. The standard InChI is InChI=1S/C16H24N4O2/c1-11-14(6-7-17-11)15(21)20-9-12-4-5-13(20)10-19(8-12)16(22)18(2)3/h6-7,12-13,17H,4-5,8-10H2,1-3H3/t12-,13+/m1/s1. The number of piperidine rings is 1. The second-order valence-corrected chi connectivity index (χ2v) is 6.65. The van der Waals surface area contributed by atoms with Crippen LogP contribution in [0.15, 0.2) is 12.3 Å². The van der Waals surface area contributed by atoms with Gasteiger partial charge in [-0.25, -0.2) is 4.79 Å². The molecule has 0 radical (unpaired) electrons. The molecule has 1 N–H and O–H groups in total. The van der Waals surface area contributed by atoms with E-state index in [9.17, 15) is 9.59 Å². The van der Waals surface area contributed by atoms with Gasteiger partial charge in [0.05, 0.1) is 5.56 Å². The molecule has 2 bridgehead atoms. The molecule has 6 nitrogen and oxygen atoms in total. The van der Waals surface area contributed by atoms with Crippen LogP contribution < -0.4 is 0 Å². The number of hydrogen-bond acceptors (Lipinski definition) is 2. The Kier molecular flexibility index (Phi) is 3.85. The number of aromatic amines is 1. The van der Waals surface area contributed by atoms with Gasteiger partial charge < -0.3 is 19.7 Å². The Morgan fingerprint density at radius 3 is 2.64 bits per heavy atom. The minimum Gasteiger partial charge on any atom is -0.365 e. The molecule has 120 valence electrons. The molecule has 0 saturated carbocycles. The molecule has 0 unspecified atom stereocenters. The van der Waals surface area contributed by atoms with Crippen LogP contribution in [0.3, 0.4) is 0 Å². The number of carbonyl (C=O) groups excluding carboxylic acids is 2. The lowest BCUT2D eigenvalue weighted by molar-refractivity contribution is 0.0585. The predicted molar refractivity (Wildman–Crippen MR) is 83.7 cm³/mol. The summed E-state index contributed by atoms with van der Waals surface area (Å²) in [6.45, 7) is 4.07. The molecular weight excluding hydrogens is 280 g/mol. The van der Waals surface area contributed by atoms with Crippen molar-refractivity contribution < 1.29 is 9.59 Å². The number of aryl methyl sites for hydroxylation is 1. The van der Waals surface area contributed by atoms with E-state index in [4.69, 9.17) is 0 Å². The van der Waals surface area contributed by atoms with Gasteiger partial charge in [-0.1, -0.05) is 0 Å². The van der Waals surface area contributed by atoms with E-state index in [-0.39, 0.29) is 18.0 Å². The fourth-order valence-electron chi connectivity index (χ4n) is 3.61. The maximum atomic E-state index is 12.8. The first-order valence-electron chi connectivity index (χ1n) is 7.88. The summed E-state index contributed by atoms with van der Waals surface area (Å²) in [4.78, 5) is 33.7. The van der Waals surface area contributed by atoms with Crippen molar-refractivity contribution in [3.8, 4) is 0 Å². The SMILES string of the molecule is Cc1[nH]ccc1C(=O)N1C[C@@H]2CC[C@H]1CN(C(=O)N(C)C)C2. The van der Waals surface area contributed by atoms with Crippen molar-refractivity contribution in [1.29, 1.82) is 0 Å². The minimum absolute atomic E-state index is 0.0454. The molecule has 0 aromatic carbocycles. The van der Waals surface area contributed by atoms with E-state index in [2.05, 4.69) is 4.98 Å². The van der Waals surface area contributed by atoms with Crippen molar-refractivity contribution in [3.63, 3.8) is 0 Å². The molecule has 6 heteroatoms. The molecule has 4 rings (SSSR count). The quantitative estimate of drug-likeness (QED) is 0.855. The van der Waals surface area contributed by atoms with Gasteiger partial charge in [0.2, 0.25) is 0 Å². The lowest BCUT2D eigenvalue weighted by Gasteiger charge is -2.36. The van der Waals surface area contributed by atoms with Crippen LogP contribution in [-0.2, 0) is 0 Å². The third-order valence-corrected chi connectivity index (χ3v) is 4.81. The number of H-pyrrole nitrogens is 1. The molecule has 4 heterocycles. The van der Waals surface area contributed by atoms with Gasteiger partial charge in [0, 0.05) is 51.7 Å². The Morgan fingerprint density at radius 2 is 2.00 bits per heavy atom. The van der Waals surface area contributed by atoms with Gasteiger partial charge in [0.25, 0.3) is 5.91 Å². The number of aromatic nitrogens is 1. The highest BCUT2D eigenvalue weighted by molar-refractivity contribution is 5.95. The first-order valence-corrected chi connectivity index (χ1v) is 7.88. The first kappa shape index (κ1) is 14.9. The van der Waals surface area contributed by atoms with Gasteiger partial charge in [-0.2, -0.15) is 0 Å². The molecule has 22 heavy (non-hydrogen) atoms. The Morgan fingerprint density at radius 1 is 1.23 bits per heavy atom. The molecule has 3 saturated heterocycles. The lowest BCUT2D eigenvalue weighted by atomic mass is 9.94. The zero-order valence-electron chi connectivity index (χ0n) is 13.5. The second kappa shape index (κ2) is 5.66. The average molecular weight is 304 g/mol. The Hall–Kier alpha value is -1.98. The minimum atomic E-state index is 0.0454. The van der Waals surface area contributed by atoms with E-state index in [1.807, 2.05) is 22.8 Å². The summed E-state index contributed by atoms with van der Waals surface area (Å²) < 4.78 is 0. The topological polar surface area (TPSA) is 59.7 Å². The summed E-state index contributed by atoms with van der Waals surface area (Å²) in [5, 5.41) is 0. The van der Waals surface area contributed by atoms with Crippen LogP contribution in [0.1, 0.15) is 28.9 Å².